The number of thiophene rings is 1. The van der Waals surface area contributed by atoms with Gasteiger partial charge in [0.1, 0.15) is 5.82 Å². The van der Waals surface area contributed by atoms with Crippen LogP contribution in [0.3, 0.4) is 0 Å². The summed E-state index contributed by atoms with van der Waals surface area (Å²) in [7, 11) is 0. The molecule has 0 bridgehead atoms. The second-order valence-electron chi connectivity index (χ2n) is 8.03. The predicted octanol–water partition coefficient (Wildman–Crippen LogP) is 3.83. The Kier molecular flexibility index (Phi) is 6.34. The van der Waals surface area contributed by atoms with Gasteiger partial charge >= 0.3 is 0 Å². The molecule has 0 radical (unpaired) electrons. The van der Waals surface area contributed by atoms with Crippen molar-refractivity contribution in [2.24, 2.45) is 0 Å². The van der Waals surface area contributed by atoms with Gasteiger partial charge in [-0.25, -0.2) is 9.07 Å². The van der Waals surface area contributed by atoms with Gasteiger partial charge in [-0.15, -0.1) is 16.4 Å². The van der Waals surface area contributed by atoms with Crippen molar-refractivity contribution < 1.29 is 4.39 Å². The molecule has 6 nitrogen and oxygen atoms in total. The Bertz CT molecular complexity index is 1110. The highest BCUT2D eigenvalue weighted by atomic mass is 32.1. The molecule has 0 saturated carbocycles. The van der Waals surface area contributed by atoms with E-state index in [2.05, 4.69) is 67.1 Å². The molecule has 3 heterocycles. The van der Waals surface area contributed by atoms with Crippen molar-refractivity contribution in [3.63, 3.8) is 0 Å². The minimum Gasteiger partial charge on any atom is -0.297 e. The largest absolute Gasteiger partial charge is 0.297 e. The van der Waals surface area contributed by atoms with E-state index >= 15 is 0 Å². The van der Waals surface area contributed by atoms with Gasteiger partial charge in [-0.2, -0.15) is 0 Å². The number of nitrogens with zero attached hydrogens (tertiary/aromatic N) is 6. The summed E-state index contributed by atoms with van der Waals surface area (Å²) in [4.78, 5) is 6.08. The van der Waals surface area contributed by atoms with Gasteiger partial charge in [0.25, 0.3) is 0 Å². The predicted molar refractivity (Wildman–Crippen MR) is 123 cm³/mol. The lowest BCUT2D eigenvalue weighted by atomic mass is 10.0. The average molecular weight is 449 g/mol. The molecule has 1 fully saturated rings. The Labute approximate surface area is 190 Å². The first kappa shape index (κ1) is 20.9. The van der Waals surface area contributed by atoms with Gasteiger partial charge in [-0.3, -0.25) is 9.80 Å². The van der Waals surface area contributed by atoms with Crippen molar-refractivity contribution in [2.75, 3.05) is 26.2 Å². The van der Waals surface area contributed by atoms with Gasteiger partial charge in [0.2, 0.25) is 0 Å². The number of rotatable bonds is 7. The minimum absolute atomic E-state index is 0.121. The molecule has 2 aromatic carbocycles. The molecule has 8 heteroatoms. The lowest BCUT2D eigenvalue weighted by Gasteiger charge is -2.39. The van der Waals surface area contributed by atoms with Crippen molar-refractivity contribution in [3.05, 3.63) is 99.8 Å². The van der Waals surface area contributed by atoms with E-state index in [0.29, 0.717) is 6.54 Å². The summed E-state index contributed by atoms with van der Waals surface area (Å²) in [5.74, 6) is 0.555. The fourth-order valence-electron chi connectivity index (χ4n) is 4.26. The van der Waals surface area contributed by atoms with Gasteiger partial charge in [-0.05, 0) is 45.1 Å². The van der Waals surface area contributed by atoms with Crippen LogP contribution in [-0.4, -0.2) is 56.2 Å². The number of aromatic nitrogens is 4. The fraction of sp³-hybridized carbons (Fsp3) is 0.292. The highest BCUT2D eigenvalue weighted by molar-refractivity contribution is 7.09. The van der Waals surface area contributed by atoms with Crippen LogP contribution in [-0.2, 0) is 13.1 Å². The van der Waals surface area contributed by atoms with E-state index in [4.69, 9.17) is 0 Å². The van der Waals surface area contributed by atoms with Crippen molar-refractivity contribution >= 4 is 11.3 Å². The molecule has 0 spiro atoms. The first-order chi connectivity index (χ1) is 15.8. The SMILES string of the molecule is Fc1ccc(C(c2nnnn2Cc2cccs2)N2CCN(Cc3ccccc3)CC2)cc1. The van der Waals surface area contributed by atoms with Crippen LogP contribution in [0, 0.1) is 5.82 Å². The molecule has 1 aliphatic heterocycles. The lowest BCUT2D eigenvalue weighted by molar-refractivity contribution is 0.100. The molecule has 0 aliphatic carbocycles. The maximum Gasteiger partial charge on any atom is 0.173 e. The summed E-state index contributed by atoms with van der Waals surface area (Å²) in [5.41, 5.74) is 2.33. The Morgan fingerprint density at radius 3 is 2.38 bits per heavy atom. The third-order valence-electron chi connectivity index (χ3n) is 5.90. The second-order valence-corrected chi connectivity index (χ2v) is 9.06. The molecule has 0 N–H and O–H groups in total. The first-order valence-corrected chi connectivity index (χ1v) is 11.7. The number of benzene rings is 2. The lowest BCUT2D eigenvalue weighted by Crippen LogP contribution is -2.48. The van der Waals surface area contributed by atoms with Gasteiger partial charge in [0.05, 0.1) is 12.6 Å². The van der Waals surface area contributed by atoms with Crippen molar-refractivity contribution in [3.8, 4) is 0 Å². The normalized spacial score (nSPS) is 16.3. The Morgan fingerprint density at radius 1 is 0.875 bits per heavy atom. The van der Waals surface area contributed by atoms with E-state index < -0.39 is 0 Å². The standard InChI is InChI=1S/C24H25FN6S/c25-21-10-8-20(9-11-21)23(24-26-27-28-31(24)18-22-7-4-16-32-22)30-14-12-29(13-15-30)17-19-5-2-1-3-6-19/h1-11,16,23H,12-15,17-18H2. The van der Waals surface area contributed by atoms with Gasteiger partial charge in [0, 0.05) is 37.6 Å². The van der Waals surface area contributed by atoms with Crippen molar-refractivity contribution in [1.29, 1.82) is 0 Å². The molecule has 164 valence electrons. The molecule has 1 atom stereocenters. The topological polar surface area (TPSA) is 50.1 Å². The number of halogens is 1. The molecule has 0 amide bonds. The van der Waals surface area contributed by atoms with Crippen LogP contribution in [0.2, 0.25) is 0 Å². The molecule has 1 unspecified atom stereocenters. The van der Waals surface area contributed by atoms with Crippen LogP contribution in [0.25, 0.3) is 0 Å². The van der Waals surface area contributed by atoms with E-state index in [1.165, 1.54) is 22.6 Å². The zero-order chi connectivity index (χ0) is 21.8. The van der Waals surface area contributed by atoms with Gasteiger partial charge < -0.3 is 0 Å². The number of hydrogen-bond acceptors (Lipinski definition) is 6. The van der Waals surface area contributed by atoms with Crippen LogP contribution < -0.4 is 0 Å². The average Bonchev–Trinajstić information content (AvgIpc) is 3.50. The highest BCUT2D eigenvalue weighted by Gasteiger charge is 2.30. The third-order valence-corrected chi connectivity index (χ3v) is 6.76. The van der Waals surface area contributed by atoms with E-state index in [1.807, 2.05) is 22.9 Å². The Hall–Kier alpha value is -2.94. The fourth-order valence-corrected chi connectivity index (χ4v) is 4.95. The Balaban J connectivity index is 1.37. The highest BCUT2D eigenvalue weighted by Crippen LogP contribution is 2.29. The molecule has 1 aliphatic rings. The Morgan fingerprint density at radius 2 is 1.66 bits per heavy atom. The second kappa shape index (κ2) is 9.68. The molecule has 5 rings (SSSR count). The molecule has 32 heavy (non-hydrogen) atoms. The summed E-state index contributed by atoms with van der Waals surface area (Å²) >= 11 is 1.69. The van der Waals surface area contributed by atoms with Crippen LogP contribution in [0.4, 0.5) is 4.39 Å². The number of hydrogen-bond donors (Lipinski definition) is 0. The molecule has 2 aromatic heterocycles. The minimum atomic E-state index is -0.238. The van der Waals surface area contributed by atoms with E-state index in [0.717, 1.165) is 44.1 Å². The van der Waals surface area contributed by atoms with Crippen LogP contribution in [0.15, 0.2) is 72.1 Å². The summed E-state index contributed by atoms with van der Waals surface area (Å²) in [6.45, 7) is 5.28. The van der Waals surface area contributed by atoms with Crippen LogP contribution in [0.1, 0.15) is 27.9 Å². The molecule has 1 saturated heterocycles. The molecular weight excluding hydrogens is 423 g/mol. The zero-order valence-corrected chi connectivity index (χ0v) is 18.5. The van der Waals surface area contributed by atoms with Crippen LogP contribution in [0.5, 0.6) is 0 Å². The molecular formula is C24H25FN6S. The monoisotopic (exact) mass is 448 g/mol. The quantitative estimate of drug-likeness (QED) is 0.430. The smallest absolute Gasteiger partial charge is 0.173 e. The first-order valence-electron chi connectivity index (χ1n) is 10.8. The maximum absolute atomic E-state index is 13.7. The molecule has 4 aromatic rings. The summed E-state index contributed by atoms with van der Waals surface area (Å²) in [6.07, 6.45) is 0. The van der Waals surface area contributed by atoms with Gasteiger partial charge in [0.15, 0.2) is 5.82 Å². The zero-order valence-electron chi connectivity index (χ0n) is 17.7. The van der Waals surface area contributed by atoms with Crippen molar-refractivity contribution in [2.45, 2.75) is 19.1 Å². The summed E-state index contributed by atoms with van der Waals surface area (Å²) < 4.78 is 15.5. The van der Waals surface area contributed by atoms with Crippen LogP contribution >= 0.6 is 11.3 Å². The third kappa shape index (κ3) is 4.77. The van der Waals surface area contributed by atoms with Crippen molar-refractivity contribution in [1.82, 2.24) is 30.0 Å². The van der Waals surface area contributed by atoms with E-state index in [9.17, 15) is 4.39 Å². The number of tetrazole rings is 1. The summed E-state index contributed by atoms with van der Waals surface area (Å²) in [6, 6.07) is 21.3. The number of piperazine rings is 1. The van der Waals surface area contributed by atoms with E-state index in [1.54, 1.807) is 11.3 Å². The van der Waals surface area contributed by atoms with E-state index in [-0.39, 0.29) is 11.9 Å². The summed E-state index contributed by atoms with van der Waals surface area (Å²) in [5, 5.41) is 14.7. The van der Waals surface area contributed by atoms with Gasteiger partial charge in [-0.1, -0.05) is 48.5 Å². The maximum atomic E-state index is 13.7.